The van der Waals surface area contributed by atoms with Gasteiger partial charge in [-0.1, -0.05) is 6.92 Å². The highest BCUT2D eigenvalue weighted by molar-refractivity contribution is 4.80. The Kier molecular flexibility index (Phi) is 8.61. The minimum absolute atomic E-state index is 0.701. The van der Waals surface area contributed by atoms with Crippen LogP contribution in [0.25, 0.3) is 0 Å². The molecule has 0 amide bonds. The molecule has 1 aliphatic heterocycles. The fraction of sp³-hybridized carbons (Fsp3) is 1.00. The second kappa shape index (κ2) is 9.83. The highest BCUT2D eigenvalue weighted by atomic mass is 16.5. The summed E-state index contributed by atoms with van der Waals surface area (Å²) in [5.74, 6) is 0. The Morgan fingerprint density at radius 3 is 2.94 bits per heavy atom. The first-order valence-electron chi connectivity index (χ1n) is 6.90. The van der Waals surface area contributed by atoms with Crippen molar-refractivity contribution in [1.82, 2.24) is 10.2 Å². The van der Waals surface area contributed by atoms with Gasteiger partial charge in [-0.25, -0.2) is 0 Å². The van der Waals surface area contributed by atoms with E-state index in [1.165, 1.54) is 25.9 Å². The van der Waals surface area contributed by atoms with Crippen molar-refractivity contribution in [1.29, 1.82) is 0 Å². The van der Waals surface area contributed by atoms with Crippen molar-refractivity contribution in [3.05, 3.63) is 0 Å². The number of hydrogen-bond donors (Lipinski definition) is 1. The first-order valence-corrected chi connectivity index (χ1v) is 6.90. The molecule has 102 valence electrons. The van der Waals surface area contributed by atoms with E-state index >= 15 is 0 Å². The van der Waals surface area contributed by atoms with E-state index < -0.39 is 0 Å². The fourth-order valence-corrected chi connectivity index (χ4v) is 2.35. The third kappa shape index (κ3) is 6.36. The van der Waals surface area contributed by atoms with Crippen LogP contribution in [0.1, 0.15) is 26.2 Å². The predicted molar refractivity (Wildman–Crippen MR) is 70.5 cm³/mol. The van der Waals surface area contributed by atoms with E-state index in [1.54, 1.807) is 7.11 Å². The average Bonchev–Trinajstić information content (AvgIpc) is 2.78. The zero-order valence-corrected chi connectivity index (χ0v) is 11.4. The number of likely N-dealkylation sites (N-methyl/N-ethyl adjacent to an activating group) is 1. The normalized spacial score (nSPS) is 21.2. The summed E-state index contributed by atoms with van der Waals surface area (Å²) in [6, 6.07) is 0.744. The molecule has 0 aromatic carbocycles. The molecular formula is C13H28N2O2. The number of nitrogens with one attached hydrogen (secondary N) is 1. The van der Waals surface area contributed by atoms with Gasteiger partial charge >= 0.3 is 0 Å². The Morgan fingerprint density at radius 2 is 2.18 bits per heavy atom. The summed E-state index contributed by atoms with van der Waals surface area (Å²) < 4.78 is 10.4. The third-order valence-corrected chi connectivity index (χ3v) is 3.29. The smallest absolute Gasteiger partial charge is 0.0700 e. The van der Waals surface area contributed by atoms with Crippen LogP contribution in [0.2, 0.25) is 0 Å². The van der Waals surface area contributed by atoms with Crippen LogP contribution >= 0.6 is 0 Å². The molecule has 1 saturated heterocycles. The van der Waals surface area contributed by atoms with Crippen molar-refractivity contribution in [3.8, 4) is 0 Å². The summed E-state index contributed by atoms with van der Waals surface area (Å²) in [6.45, 7) is 9.09. The molecule has 0 aromatic rings. The van der Waals surface area contributed by atoms with Crippen molar-refractivity contribution in [2.24, 2.45) is 0 Å². The molecule has 1 fully saturated rings. The Hall–Kier alpha value is -0.160. The van der Waals surface area contributed by atoms with Gasteiger partial charge in [0.25, 0.3) is 0 Å². The number of likely N-dealkylation sites (tertiary alicyclic amines) is 1. The molecule has 0 spiro atoms. The molecule has 4 heteroatoms. The van der Waals surface area contributed by atoms with Crippen LogP contribution in [0.5, 0.6) is 0 Å². The maximum atomic E-state index is 5.48. The minimum Gasteiger partial charge on any atom is -0.382 e. The van der Waals surface area contributed by atoms with Gasteiger partial charge in [0.15, 0.2) is 0 Å². The number of methoxy groups -OCH3 is 1. The number of ether oxygens (including phenoxy) is 2. The summed E-state index contributed by atoms with van der Waals surface area (Å²) in [7, 11) is 1.71. The average molecular weight is 244 g/mol. The summed E-state index contributed by atoms with van der Waals surface area (Å²) >= 11 is 0. The lowest BCUT2D eigenvalue weighted by molar-refractivity contribution is 0.0646. The molecule has 1 rings (SSSR count). The Morgan fingerprint density at radius 1 is 1.29 bits per heavy atom. The van der Waals surface area contributed by atoms with Gasteiger partial charge in [0.05, 0.1) is 13.2 Å². The molecule has 1 N–H and O–H groups in total. The van der Waals surface area contributed by atoms with Crippen LogP contribution < -0.4 is 5.32 Å². The zero-order chi connectivity index (χ0) is 12.3. The molecular weight excluding hydrogens is 216 g/mol. The molecule has 1 aliphatic rings. The molecule has 0 saturated carbocycles. The van der Waals surface area contributed by atoms with Crippen LogP contribution in [-0.4, -0.2) is 64.1 Å². The molecule has 0 bridgehead atoms. The molecule has 4 nitrogen and oxygen atoms in total. The van der Waals surface area contributed by atoms with E-state index in [2.05, 4.69) is 17.1 Å². The van der Waals surface area contributed by atoms with E-state index in [1.807, 2.05) is 0 Å². The minimum atomic E-state index is 0.701. The number of nitrogens with zero attached hydrogens (tertiary/aromatic N) is 1. The van der Waals surface area contributed by atoms with Gasteiger partial charge in [-0.15, -0.1) is 0 Å². The van der Waals surface area contributed by atoms with Gasteiger partial charge in [-0.3, -0.25) is 4.90 Å². The Labute approximate surface area is 106 Å². The van der Waals surface area contributed by atoms with Gasteiger partial charge in [-0.05, 0) is 32.4 Å². The largest absolute Gasteiger partial charge is 0.382 e. The van der Waals surface area contributed by atoms with Crippen molar-refractivity contribution in [3.63, 3.8) is 0 Å². The summed E-state index contributed by atoms with van der Waals surface area (Å²) in [5, 5.41) is 3.45. The molecule has 1 heterocycles. The van der Waals surface area contributed by atoms with E-state index in [-0.39, 0.29) is 0 Å². The number of rotatable bonds is 10. The molecule has 1 atom stereocenters. The molecule has 0 aliphatic carbocycles. The standard InChI is InChI=1S/C13H28N2O2/c1-3-14-12-13-6-4-7-15(13)8-5-9-17-11-10-16-2/h13-14H,3-12H2,1-2H3. The zero-order valence-electron chi connectivity index (χ0n) is 11.4. The second-order valence-corrected chi connectivity index (χ2v) is 4.60. The fourth-order valence-electron chi connectivity index (χ4n) is 2.35. The van der Waals surface area contributed by atoms with E-state index in [0.717, 1.165) is 38.8 Å². The lowest BCUT2D eigenvalue weighted by atomic mass is 10.2. The van der Waals surface area contributed by atoms with Crippen molar-refractivity contribution in [2.75, 3.05) is 53.1 Å². The maximum Gasteiger partial charge on any atom is 0.0700 e. The van der Waals surface area contributed by atoms with Gasteiger partial charge in [0.1, 0.15) is 0 Å². The van der Waals surface area contributed by atoms with Gasteiger partial charge in [0.2, 0.25) is 0 Å². The van der Waals surface area contributed by atoms with Crippen LogP contribution in [0, 0.1) is 0 Å². The van der Waals surface area contributed by atoms with Gasteiger partial charge in [-0.2, -0.15) is 0 Å². The van der Waals surface area contributed by atoms with Crippen LogP contribution in [0.4, 0.5) is 0 Å². The summed E-state index contributed by atoms with van der Waals surface area (Å²) in [4.78, 5) is 2.60. The highest BCUT2D eigenvalue weighted by Crippen LogP contribution is 2.16. The van der Waals surface area contributed by atoms with Gasteiger partial charge < -0.3 is 14.8 Å². The van der Waals surface area contributed by atoms with Crippen LogP contribution in [-0.2, 0) is 9.47 Å². The van der Waals surface area contributed by atoms with E-state index in [0.29, 0.717) is 6.61 Å². The van der Waals surface area contributed by atoms with E-state index in [4.69, 9.17) is 9.47 Å². The number of hydrogen-bond acceptors (Lipinski definition) is 4. The predicted octanol–water partition coefficient (Wildman–Crippen LogP) is 1.11. The van der Waals surface area contributed by atoms with Crippen molar-refractivity contribution >= 4 is 0 Å². The van der Waals surface area contributed by atoms with Crippen LogP contribution in [0.3, 0.4) is 0 Å². The first kappa shape index (κ1) is 14.9. The van der Waals surface area contributed by atoms with Crippen molar-refractivity contribution in [2.45, 2.75) is 32.2 Å². The topological polar surface area (TPSA) is 33.7 Å². The lowest BCUT2D eigenvalue weighted by Gasteiger charge is -2.24. The SMILES string of the molecule is CCNCC1CCCN1CCCOCCOC. The quantitative estimate of drug-likeness (QED) is 0.584. The molecule has 1 unspecified atom stereocenters. The molecule has 0 aromatic heterocycles. The monoisotopic (exact) mass is 244 g/mol. The van der Waals surface area contributed by atoms with Gasteiger partial charge in [0, 0.05) is 32.8 Å². The third-order valence-electron chi connectivity index (χ3n) is 3.29. The first-order chi connectivity index (χ1) is 8.38. The van der Waals surface area contributed by atoms with E-state index in [9.17, 15) is 0 Å². The van der Waals surface area contributed by atoms with Crippen LogP contribution in [0.15, 0.2) is 0 Å². The second-order valence-electron chi connectivity index (χ2n) is 4.60. The Balaban J connectivity index is 2.00. The highest BCUT2D eigenvalue weighted by Gasteiger charge is 2.22. The summed E-state index contributed by atoms with van der Waals surface area (Å²) in [6.07, 6.45) is 3.82. The maximum absolute atomic E-state index is 5.48. The Bertz CT molecular complexity index is 179. The lowest BCUT2D eigenvalue weighted by Crippen LogP contribution is -2.38. The molecule has 17 heavy (non-hydrogen) atoms. The summed E-state index contributed by atoms with van der Waals surface area (Å²) in [5.41, 5.74) is 0. The van der Waals surface area contributed by atoms with Crippen molar-refractivity contribution < 1.29 is 9.47 Å². The molecule has 0 radical (unpaired) electrons.